The van der Waals surface area contributed by atoms with Crippen LogP contribution in [-0.2, 0) is 0 Å². The van der Waals surface area contributed by atoms with Crippen LogP contribution in [0.15, 0.2) is 34.8 Å². The first-order valence-corrected chi connectivity index (χ1v) is 6.82. The Hall–Kier alpha value is -1.95. The van der Waals surface area contributed by atoms with Crippen LogP contribution in [0.2, 0.25) is 0 Å². The summed E-state index contributed by atoms with van der Waals surface area (Å²) in [5.74, 6) is -1.46. The van der Waals surface area contributed by atoms with E-state index < -0.39 is 17.5 Å². The number of amides is 1. The van der Waals surface area contributed by atoms with Crippen LogP contribution in [0.5, 0.6) is 5.75 Å². The van der Waals surface area contributed by atoms with Gasteiger partial charge in [0.25, 0.3) is 5.91 Å². The minimum absolute atomic E-state index is 0.0623. The highest BCUT2D eigenvalue weighted by Gasteiger charge is 2.12. The van der Waals surface area contributed by atoms with Crippen LogP contribution in [0.4, 0.5) is 14.5 Å². The maximum Gasteiger partial charge on any atom is 0.255 e. The van der Waals surface area contributed by atoms with E-state index in [9.17, 15) is 13.6 Å². The highest BCUT2D eigenvalue weighted by atomic mass is 79.9. The molecule has 2 aromatic rings. The summed E-state index contributed by atoms with van der Waals surface area (Å²) in [5, 5.41) is 2.62. The molecule has 0 fully saturated rings. The fourth-order valence-electron chi connectivity index (χ4n) is 1.78. The van der Waals surface area contributed by atoms with E-state index in [1.165, 1.54) is 31.4 Å². The maximum absolute atomic E-state index is 13.6. The Kier molecular flexibility index (Phi) is 4.57. The highest BCUT2D eigenvalue weighted by molar-refractivity contribution is 9.10. The molecule has 0 aliphatic carbocycles. The van der Waals surface area contributed by atoms with Crippen molar-refractivity contribution in [2.24, 2.45) is 0 Å². The summed E-state index contributed by atoms with van der Waals surface area (Å²) >= 11 is 3.05. The van der Waals surface area contributed by atoms with Gasteiger partial charge in [0.05, 0.1) is 11.6 Å². The average molecular weight is 356 g/mol. The first kappa shape index (κ1) is 15.4. The van der Waals surface area contributed by atoms with E-state index in [2.05, 4.69) is 21.2 Å². The van der Waals surface area contributed by atoms with Gasteiger partial charge in [-0.05, 0) is 58.7 Å². The summed E-state index contributed by atoms with van der Waals surface area (Å²) in [5.41, 5.74) is 1.16. The van der Waals surface area contributed by atoms with Gasteiger partial charge in [-0.1, -0.05) is 0 Å². The molecule has 0 aliphatic rings. The number of methoxy groups -OCH3 is 1. The number of halogens is 3. The normalized spacial score (nSPS) is 10.3. The Morgan fingerprint density at radius 2 is 1.90 bits per heavy atom. The van der Waals surface area contributed by atoms with E-state index in [-0.39, 0.29) is 15.8 Å². The number of hydrogen-bond acceptors (Lipinski definition) is 2. The van der Waals surface area contributed by atoms with Gasteiger partial charge in [0.15, 0.2) is 11.6 Å². The number of rotatable bonds is 3. The first-order chi connectivity index (χ1) is 9.92. The quantitative estimate of drug-likeness (QED) is 0.891. The van der Waals surface area contributed by atoms with Gasteiger partial charge in [0.2, 0.25) is 0 Å². The van der Waals surface area contributed by atoms with Crippen LogP contribution in [0.3, 0.4) is 0 Å². The second-order valence-electron chi connectivity index (χ2n) is 4.38. The molecule has 21 heavy (non-hydrogen) atoms. The highest BCUT2D eigenvalue weighted by Crippen LogP contribution is 2.25. The Labute approximate surface area is 129 Å². The van der Waals surface area contributed by atoms with Gasteiger partial charge < -0.3 is 10.1 Å². The smallest absolute Gasteiger partial charge is 0.255 e. The van der Waals surface area contributed by atoms with Gasteiger partial charge in [-0.2, -0.15) is 0 Å². The lowest BCUT2D eigenvalue weighted by Crippen LogP contribution is -2.13. The topological polar surface area (TPSA) is 38.3 Å². The molecule has 0 aliphatic heterocycles. The Morgan fingerprint density at radius 1 is 1.19 bits per heavy atom. The summed E-state index contributed by atoms with van der Waals surface area (Å²) in [7, 11) is 1.34. The monoisotopic (exact) mass is 355 g/mol. The number of hydrogen-bond donors (Lipinski definition) is 1. The van der Waals surface area contributed by atoms with Crippen molar-refractivity contribution in [2.45, 2.75) is 6.92 Å². The van der Waals surface area contributed by atoms with E-state index in [1.54, 1.807) is 6.92 Å². The van der Waals surface area contributed by atoms with Gasteiger partial charge in [-0.3, -0.25) is 4.79 Å². The number of ether oxygens (including phenoxy) is 1. The maximum atomic E-state index is 13.6. The minimum atomic E-state index is -0.623. The molecule has 0 atom stereocenters. The molecule has 0 heterocycles. The third-order valence-electron chi connectivity index (χ3n) is 2.93. The Morgan fingerprint density at radius 3 is 2.52 bits per heavy atom. The standard InChI is InChI=1S/C15H12BrF2NO2/c1-8-5-11(17)10(16)7-13(8)19-15(20)9-3-4-14(21-2)12(18)6-9/h3-7H,1-2H3,(H,19,20). The predicted octanol–water partition coefficient (Wildman–Crippen LogP) is 4.30. The molecule has 2 aromatic carbocycles. The molecule has 2 rings (SSSR count). The second-order valence-corrected chi connectivity index (χ2v) is 5.24. The van der Waals surface area contributed by atoms with Crippen molar-refractivity contribution >= 4 is 27.5 Å². The summed E-state index contributed by atoms with van der Waals surface area (Å²) < 4.78 is 31.9. The number of aryl methyl sites for hydroxylation is 1. The van der Waals surface area contributed by atoms with Crippen LogP contribution >= 0.6 is 15.9 Å². The SMILES string of the molecule is COc1ccc(C(=O)Nc2cc(Br)c(F)cc2C)cc1F. The molecule has 0 bridgehead atoms. The molecule has 6 heteroatoms. The van der Waals surface area contributed by atoms with E-state index in [0.717, 1.165) is 6.07 Å². The largest absolute Gasteiger partial charge is 0.494 e. The lowest BCUT2D eigenvalue weighted by atomic mass is 10.1. The summed E-state index contributed by atoms with van der Waals surface area (Å²) in [4.78, 5) is 12.1. The number of nitrogens with one attached hydrogen (secondary N) is 1. The van der Waals surface area contributed by atoms with E-state index in [4.69, 9.17) is 4.74 Å². The van der Waals surface area contributed by atoms with Crippen molar-refractivity contribution in [3.05, 3.63) is 57.6 Å². The van der Waals surface area contributed by atoms with Gasteiger partial charge >= 0.3 is 0 Å². The van der Waals surface area contributed by atoms with Gasteiger partial charge in [-0.15, -0.1) is 0 Å². The van der Waals surface area contributed by atoms with Gasteiger partial charge in [0.1, 0.15) is 5.82 Å². The van der Waals surface area contributed by atoms with Crippen LogP contribution in [-0.4, -0.2) is 13.0 Å². The van der Waals surface area contributed by atoms with E-state index >= 15 is 0 Å². The third-order valence-corrected chi connectivity index (χ3v) is 3.54. The van der Waals surface area contributed by atoms with Gasteiger partial charge in [0, 0.05) is 11.3 Å². The zero-order chi connectivity index (χ0) is 15.6. The first-order valence-electron chi connectivity index (χ1n) is 6.03. The Bertz CT molecular complexity index is 704. The number of carbonyl (C=O) groups excluding carboxylic acids is 1. The molecule has 0 aromatic heterocycles. The molecule has 0 saturated heterocycles. The van der Waals surface area contributed by atoms with Crippen molar-refractivity contribution in [1.82, 2.24) is 0 Å². The Balaban J connectivity index is 2.26. The summed E-state index contributed by atoms with van der Waals surface area (Å²) in [6, 6.07) is 6.67. The third kappa shape index (κ3) is 3.39. The lowest BCUT2D eigenvalue weighted by molar-refractivity contribution is 0.102. The van der Waals surface area contributed by atoms with Gasteiger partial charge in [-0.25, -0.2) is 8.78 Å². The molecular formula is C15H12BrF2NO2. The summed E-state index contributed by atoms with van der Waals surface area (Å²) in [6.07, 6.45) is 0. The van der Waals surface area contributed by atoms with Crippen LogP contribution in [0.1, 0.15) is 15.9 Å². The molecular weight excluding hydrogens is 344 g/mol. The fourth-order valence-corrected chi connectivity index (χ4v) is 2.13. The molecule has 0 radical (unpaired) electrons. The molecule has 0 unspecified atom stereocenters. The molecule has 1 amide bonds. The zero-order valence-corrected chi connectivity index (χ0v) is 12.9. The zero-order valence-electron chi connectivity index (χ0n) is 11.3. The predicted molar refractivity (Wildman–Crippen MR) is 79.7 cm³/mol. The minimum Gasteiger partial charge on any atom is -0.494 e. The molecule has 0 saturated carbocycles. The average Bonchev–Trinajstić information content (AvgIpc) is 2.44. The van der Waals surface area contributed by atoms with Crippen molar-refractivity contribution < 1.29 is 18.3 Å². The molecule has 110 valence electrons. The van der Waals surface area contributed by atoms with Crippen molar-refractivity contribution in [3.8, 4) is 5.75 Å². The van der Waals surface area contributed by atoms with E-state index in [0.29, 0.717) is 11.3 Å². The second kappa shape index (κ2) is 6.22. The fraction of sp³-hybridized carbons (Fsp3) is 0.133. The molecule has 0 spiro atoms. The van der Waals surface area contributed by atoms with Crippen molar-refractivity contribution in [3.63, 3.8) is 0 Å². The van der Waals surface area contributed by atoms with Crippen molar-refractivity contribution in [1.29, 1.82) is 0 Å². The lowest BCUT2D eigenvalue weighted by Gasteiger charge is -2.10. The molecule has 3 nitrogen and oxygen atoms in total. The summed E-state index contributed by atoms with van der Waals surface area (Å²) in [6.45, 7) is 1.67. The van der Waals surface area contributed by atoms with Crippen molar-refractivity contribution in [2.75, 3.05) is 12.4 Å². The van der Waals surface area contributed by atoms with Crippen LogP contribution < -0.4 is 10.1 Å². The number of benzene rings is 2. The molecule has 1 N–H and O–H groups in total. The van der Waals surface area contributed by atoms with Crippen LogP contribution in [0.25, 0.3) is 0 Å². The van der Waals surface area contributed by atoms with E-state index in [1.807, 2.05) is 0 Å². The van der Waals surface area contributed by atoms with Crippen LogP contribution in [0, 0.1) is 18.6 Å². The number of carbonyl (C=O) groups is 1. The number of anilines is 1.